The van der Waals surface area contributed by atoms with Crippen LogP contribution in [0.2, 0.25) is 0 Å². The van der Waals surface area contributed by atoms with E-state index in [0.29, 0.717) is 26.3 Å². The van der Waals surface area contributed by atoms with Gasteiger partial charge < -0.3 is 14.4 Å². The molecule has 0 saturated heterocycles. The quantitative estimate of drug-likeness (QED) is 0.475. The van der Waals surface area contributed by atoms with E-state index in [2.05, 4.69) is 0 Å². The Kier molecular flexibility index (Phi) is 10.8. The maximum atomic E-state index is 12.3. The van der Waals surface area contributed by atoms with E-state index in [1.54, 1.807) is 19.1 Å². The standard InChI is InChI=1S/C13H23NO3S/c1-5-6-7-12(18-4)13(15)14(8-10-16-2)9-11-17-3/h5-7H,8-11H2,1-4H3/b6-5+,12-7-. The van der Waals surface area contributed by atoms with Crippen molar-refractivity contribution in [2.75, 3.05) is 46.8 Å². The van der Waals surface area contributed by atoms with Crippen molar-refractivity contribution in [1.29, 1.82) is 0 Å². The fraction of sp³-hybridized carbons (Fsp3) is 0.615. The summed E-state index contributed by atoms with van der Waals surface area (Å²) in [7, 11) is 3.26. The summed E-state index contributed by atoms with van der Waals surface area (Å²) in [6.45, 7) is 4.13. The van der Waals surface area contributed by atoms with Crippen molar-refractivity contribution in [1.82, 2.24) is 4.90 Å². The van der Waals surface area contributed by atoms with Crippen LogP contribution in [0.1, 0.15) is 6.92 Å². The van der Waals surface area contributed by atoms with Gasteiger partial charge in [0.2, 0.25) is 0 Å². The van der Waals surface area contributed by atoms with Crippen LogP contribution in [0.25, 0.3) is 0 Å². The van der Waals surface area contributed by atoms with E-state index in [0.717, 1.165) is 4.91 Å². The number of amides is 1. The van der Waals surface area contributed by atoms with Crippen molar-refractivity contribution < 1.29 is 14.3 Å². The first-order chi connectivity index (χ1) is 8.71. The number of thioether (sulfide) groups is 1. The van der Waals surface area contributed by atoms with Crippen LogP contribution in [0.15, 0.2) is 23.1 Å². The SMILES string of the molecule is C/C=C/C=C(\SC)C(=O)N(CCOC)CCOC. The van der Waals surface area contributed by atoms with Crippen LogP contribution in [0, 0.1) is 0 Å². The second-order valence-corrected chi connectivity index (χ2v) is 4.39. The number of ether oxygens (including phenoxy) is 2. The molecular formula is C13H23NO3S. The van der Waals surface area contributed by atoms with Crippen molar-refractivity contribution in [3.63, 3.8) is 0 Å². The van der Waals surface area contributed by atoms with E-state index in [4.69, 9.17) is 9.47 Å². The molecule has 0 radical (unpaired) electrons. The molecule has 18 heavy (non-hydrogen) atoms. The minimum atomic E-state index is 0.0229. The van der Waals surface area contributed by atoms with Gasteiger partial charge in [-0.1, -0.05) is 12.2 Å². The minimum Gasteiger partial charge on any atom is -0.383 e. The fourth-order valence-corrected chi connectivity index (χ4v) is 1.80. The Labute approximate surface area is 114 Å². The van der Waals surface area contributed by atoms with E-state index < -0.39 is 0 Å². The molecule has 1 amide bonds. The van der Waals surface area contributed by atoms with Gasteiger partial charge in [-0.25, -0.2) is 0 Å². The van der Waals surface area contributed by atoms with Gasteiger partial charge in [0.1, 0.15) is 0 Å². The van der Waals surface area contributed by atoms with Crippen molar-refractivity contribution >= 4 is 17.7 Å². The summed E-state index contributed by atoms with van der Waals surface area (Å²) in [4.78, 5) is 14.8. The molecule has 104 valence electrons. The van der Waals surface area contributed by atoms with Crippen molar-refractivity contribution in [3.8, 4) is 0 Å². The molecule has 0 bridgehead atoms. The molecule has 0 unspecified atom stereocenters. The molecule has 0 atom stereocenters. The fourth-order valence-electron chi connectivity index (χ4n) is 1.28. The summed E-state index contributed by atoms with van der Waals surface area (Å²) in [6.07, 6.45) is 7.50. The third-order valence-electron chi connectivity index (χ3n) is 2.29. The Morgan fingerprint density at radius 1 is 1.22 bits per heavy atom. The Morgan fingerprint density at radius 2 is 1.78 bits per heavy atom. The highest BCUT2D eigenvalue weighted by atomic mass is 32.2. The van der Waals surface area contributed by atoms with Crippen LogP contribution in [0.5, 0.6) is 0 Å². The number of hydrogen-bond donors (Lipinski definition) is 0. The molecule has 0 aliphatic carbocycles. The third kappa shape index (κ3) is 6.83. The maximum Gasteiger partial charge on any atom is 0.260 e. The van der Waals surface area contributed by atoms with Gasteiger partial charge in [0, 0.05) is 27.3 Å². The molecule has 0 aromatic rings. The van der Waals surface area contributed by atoms with E-state index in [1.165, 1.54) is 11.8 Å². The topological polar surface area (TPSA) is 38.8 Å². The molecule has 0 heterocycles. The summed E-state index contributed by atoms with van der Waals surface area (Å²) in [5.41, 5.74) is 0. The normalized spacial score (nSPS) is 12.1. The Morgan fingerprint density at radius 3 is 2.17 bits per heavy atom. The smallest absolute Gasteiger partial charge is 0.260 e. The van der Waals surface area contributed by atoms with Gasteiger partial charge in [-0.15, -0.1) is 11.8 Å². The van der Waals surface area contributed by atoms with Crippen molar-refractivity contribution in [2.24, 2.45) is 0 Å². The molecule has 0 saturated carbocycles. The summed E-state index contributed by atoms with van der Waals surface area (Å²) >= 11 is 1.45. The van der Waals surface area contributed by atoms with Crippen LogP contribution in [0.4, 0.5) is 0 Å². The Hall–Kier alpha value is -0.780. The first-order valence-electron chi connectivity index (χ1n) is 5.85. The number of hydrogen-bond acceptors (Lipinski definition) is 4. The van der Waals surface area contributed by atoms with Gasteiger partial charge in [-0.05, 0) is 19.3 Å². The van der Waals surface area contributed by atoms with Gasteiger partial charge in [0.15, 0.2) is 0 Å². The number of allylic oxidation sites excluding steroid dienone is 3. The number of rotatable bonds is 9. The van der Waals surface area contributed by atoms with Crippen LogP contribution in [0.3, 0.4) is 0 Å². The number of nitrogens with zero attached hydrogens (tertiary/aromatic N) is 1. The summed E-state index contributed by atoms with van der Waals surface area (Å²) in [6, 6.07) is 0. The molecular weight excluding hydrogens is 250 g/mol. The number of carbonyl (C=O) groups excluding carboxylic acids is 1. The lowest BCUT2D eigenvalue weighted by Gasteiger charge is -2.22. The third-order valence-corrected chi connectivity index (χ3v) is 3.04. The highest BCUT2D eigenvalue weighted by molar-refractivity contribution is 8.03. The first kappa shape index (κ1) is 17.2. The van der Waals surface area contributed by atoms with E-state index in [9.17, 15) is 4.79 Å². The second-order valence-electron chi connectivity index (χ2n) is 3.54. The lowest BCUT2D eigenvalue weighted by Crippen LogP contribution is -2.36. The minimum absolute atomic E-state index is 0.0229. The van der Waals surface area contributed by atoms with Gasteiger partial charge in [0.25, 0.3) is 5.91 Å². The largest absolute Gasteiger partial charge is 0.383 e. The second kappa shape index (κ2) is 11.3. The zero-order valence-corrected chi connectivity index (χ0v) is 12.5. The number of carbonyl (C=O) groups is 1. The van der Waals surface area contributed by atoms with Gasteiger partial charge in [0.05, 0.1) is 18.1 Å². The monoisotopic (exact) mass is 273 g/mol. The van der Waals surface area contributed by atoms with Crippen LogP contribution in [-0.4, -0.2) is 57.6 Å². The summed E-state index contributed by atoms with van der Waals surface area (Å²) < 4.78 is 10.0. The van der Waals surface area contributed by atoms with E-state index >= 15 is 0 Å². The van der Waals surface area contributed by atoms with Crippen molar-refractivity contribution in [3.05, 3.63) is 23.1 Å². The predicted octanol–water partition coefficient (Wildman–Crippen LogP) is 1.93. The lowest BCUT2D eigenvalue weighted by atomic mass is 10.3. The molecule has 5 heteroatoms. The van der Waals surface area contributed by atoms with Crippen LogP contribution < -0.4 is 0 Å². The molecule has 0 N–H and O–H groups in total. The molecule has 0 aliphatic rings. The molecule has 0 aromatic heterocycles. The predicted molar refractivity (Wildman–Crippen MR) is 76.7 cm³/mol. The van der Waals surface area contributed by atoms with E-state index in [-0.39, 0.29) is 5.91 Å². The summed E-state index contributed by atoms with van der Waals surface area (Å²) in [5, 5.41) is 0. The molecule has 0 aromatic carbocycles. The Balaban J connectivity index is 4.67. The number of methoxy groups -OCH3 is 2. The van der Waals surface area contributed by atoms with E-state index in [1.807, 2.05) is 31.4 Å². The maximum absolute atomic E-state index is 12.3. The average Bonchev–Trinajstić information content (AvgIpc) is 2.39. The van der Waals surface area contributed by atoms with Gasteiger partial charge >= 0.3 is 0 Å². The van der Waals surface area contributed by atoms with Gasteiger partial charge in [-0.3, -0.25) is 4.79 Å². The van der Waals surface area contributed by atoms with Crippen LogP contribution in [-0.2, 0) is 14.3 Å². The zero-order valence-electron chi connectivity index (χ0n) is 11.6. The summed E-state index contributed by atoms with van der Waals surface area (Å²) in [5.74, 6) is 0.0229. The van der Waals surface area contributed by atoms with Crippen molar-refractivity contribution in [2.45, 2.75) is 6.92 Å². The average molecular weight is 273 g/mol. The lowest BCUT2D eigenvalue weighted by molar-refractivity contribution is -0.127. The first-order valence-corrected chi connectivity index (χ1v) is 7.07. The molecule has 4 nitrogen and oxygen atoms in total. The molecule has 0 aliphatic heterocycles. The zero-order chi connectivity index (χ0) is 13.8. The molecule has 0 spiro atoms. The van der Waals surface area contributed by atoms with Crippen LogP contribution >= 0.6 is 11.8 Å². The molecule has 0 rings (SSSR count). The van der Waals surface area contributed by atoms with Gasteiger partial charge in [-0.2, -0.15) is 0 Å². The Bertz CT molecular complexity index is 282. The highest BCUT2D eigenvalue weighted by Gasteiger charge is 2.16. The molecule has 0 fully saturated rings. The highest BCUT2D eigenvalue weighted by Crippen LogP contribution is 2.15.